The third kappa shape index (κ3) is 3.36. The lowest BCUT2D eigenvalue weighted by Crippen LogP contribution is -2.39. The van der Waals surface area contributed by atoms with Crippen molar-refractivity contribution in [3.63, 3.8) is 0 Å². The molecular weight excluding hydrogens is 331 g/mol. The summed E-state index contributed by atoms with van der Waals surface area (Å²) in [6.07, 6.45) is 4.84. The predicted molar refractivity (Wildman–Crippen MR) is 97.1 cm³/mol. The summed E-state index contributed by atoms with van der Waals surface area (Å²) in [6, 6.07) is 10.5. The Labute approximate surface area is 153 Å². The quantitative estimate of drug-likeness (QED) is 0.823. The number of nitrogens with zero attached hydrogens (tertiary/aromatic N) is 2. The summed E-state index contributed by atoms with van der Waals surface area (Å²) in [5.41, 5.74) is 2.81. The van der Waals surface area contributed by atoms with Gasteiger partial charge in [-0.3, -0.25) is 9.78 Å². The molecular formula is C21H23FN2O2. The van der Waals surface area contributed by atoms with Crippen LogP contribution in [-0.2, 0) is 9.53 Å². The zero-order chi connectivity index (χ0) is 18.1. The van der Waals surface area contributed by atoms with Gasteiger partial charge in [0, 0.05) is 31.3 Å². The standard InChI is InChI=1S/C21H23FN2O2/c1-26-13-17-3-2-10-24(17)21(25)19-11-18(19)15-6-9-20(23-12-15)14-4-7-16(22)8-5-14/h4-9,12,17-19H,2-3,10-11,13H2,1H3. The van der Waals surface area contributed by atoms with Crippen LogP contribution < -0.4 is 0 Å². The molecule has 2 aliphatic rings. The van der Waals surface area contributed by atoms with Crippen LogP contribution in [-0.4, -0.2) is 42.1 Å². The van der Waals surface area contributed by atoms with Crippen molar-refractivity contribution in [3.05, 3.63) is 54.0 Å². The van der Waals surface area contributed by atoms with E-state index >= 15 is 0 Å². The minimum Gasteiger partial charge on any atom is -0.383 e. The van der Waals surface area contributed by atoms with Gasteiger partial charge in [-0.25, -0.2) is 4.39 Å². The van der Waals surface area contributed by atoms with Crippen LogP contribution in [0.5, 0.6) is 0 Å². The maximum Gasteiger partial charge on any atom is 0.226 e. The van der Waals surface area contributed by atoms with E-state index < -0.39 is 0 Å². The number of hydrogen-bond donors (Lipinski definition) is 0. The molecule has 0 spiro atoms. The van der Waals surface area contributed by atoms with Gasteiger partial charge in [0.2, 0.25) is 5.91 Å². The van der Waals surface area contributed by atoms with Crippen LogP contribution in [0.1, 0.15) is 30.7 Å². The summed E-state index contributed by atoms with van der Waals surface area (Å²) < 4.78 is 18.3. The molecule has 0 bridgehead atoms. The molecule has 136 valence electrons. The van der Waals surface area contributed by atoms with Crippen LogP contribution in [0, 0.1) is 11.7 Å². The first-order chi connectivity index (χ1) is 12.7. The highest BCUT2D eigenvalue weighted by atomic mass is 19.1. The number of ether oxygens (including phenoxy) is 1. The van der Waals surface area contributed by atoms with Crippen LogP contribution in [0.15, 0.2) is 42.6 Å². The van der Waals surface area contributed by atoms with Gasteiger partial charge in [0.1, 0.15) is 5.82 Å². The summed E-state index contributed by atoms with van der Waals surface area (Å²) in [4.78, 5) is 19.3. The van der Waals surface area contributed by atoms with E-state index in [1.54, 1.807) is 19.2 Å². The summed E-state index contributed by atoms with van der Waals surface area (Å²) in [5.74, 6) is 0.350. The number of pyridine rings is 1. The maximum atomic E-state index is 13.0. The lowest BCUT2D eigenvalue weighted by atomic mass is 10.1. The maximum absolute atomic E-state index is 13.0. The van der Waals surface area contributed by atoms with Gasteiger partial charge in [0.15, 0.2) is 0 Å². The number of likely N-dealkylation sites (tertiary alicyclic amines) is 1. The Bertz CT molecular complexity index is 776. The first-order valence-corrected chi connectivity index (χ1v) is 9.18. The Morgan fingerprint density at radius 3 is 2.77 bits per heavy atom. The van der Waals surface area contributed by atoms with Gasteiger partial charge in [-0.05, 0) is 61.1 Å². The van der Waals surface area contributed by atoms with Crippen LogP contribution >= 0.6 is 0 Å². The number of carbonyl (C=O) groups is 1. The van der Waals surface area contributed by atoms with Crippen molar-refractivity contribution >= 4 is 5.91 Å². The Kier molecular flexibility index (Phi) is 4.72. The van der Waals surface area contributed by atoms with E-state index in [9.17, 15) is 9.18 Å². The second-order valence-electron chi connectivity index (χ2n) is 7.22. The molecule has 26 heavy (non-hydrogen) atoms. The Hall–Kier alpha value is -2.27. The highest BCUT2D eigenvalue weighted by molar-refractivity contribution is 5.83. The molecule has 5 heteroatoms. The number of halogens is 1. The van der Waals surface area contributed by atoms with E-state index in [4.69, 9.17) is 4.74 Å². The van der Waals surface area contributed by atoms with Crippen molar-refractivity contribution in [2.75, 3.05) is 20.3 Å². The minimum atomic E-state index is -0.251. The number of aromatic nitrogens is 1. The molecule has 1 aromatic heterocycles. The van der Waals surface area contributed by atoms with Gasteiger partial charge in [0.25, 0.3) is 0 Å². The molecule has 3 unspecified atom stereocenters. The molecule has 2 heterocycles. The summed E-state index contributed by atoms with van der Waals surface area (Å²) in [6.45, 7) is 1.47. The van der Waals surface area contributed by atoms with Crippen LogP contribution in [0.2, 0.25) is 0 Å². The van der Waals surface area contributed by atoms with E-state index in [1.807, 2.05) is 23.2 Å². The number of methoxy groups -OCH3 is 1. The molecule has 0 N–H and O–H groups in total. The van der Waals surface area contributed by atoms with Crippen molar-refractivity contribution in [2.45, 2.75) is 31.2 Å². The molecule has 1 aliphatic heterocycles. The van der Waals surface area contributed by atoms with Gasteiger partial charge in [-0.2, -0.15) is 0 Å². The van der Waals surface area contributed by atoms with E-state index in [-0.39, 0.29) is 29.6 Å². The molecule has 0 radical (unpaired) electrons. The molecule has 2 aromatic rings. The Balaban J connectivity index is 1.42. The first-order valence-electron chi connectivity index (χ1n) is 9.18. The smallest absolute Gasteiger partial charge is 0.226 e. The Morgan fingerprint density at radius 1 is 1.27 bits per heavy atom. The predicted octanol–water partition coefficient (Wildman–Crippen LogP) is 3.63. The molecule has 4 nitrogen and oxygen atoms in total. The first kappa shape index (κ1) is 17.2. The normalized spacial score (nSPS) is 24.7. The SMILES string of the molecule is COCC1CCCN1C(=O)C1CC1c1ccc(-c2ccc(F)cc2)nc1. The van der Waals surface area contributed by atoms with Gasteiger partial charge in [-0.1, -0.05) is 6.07 Å². The van der Waals surface area contributed by atoms with Crippen LogP contribution in [0.25, 0.3) is 11.3 Å². The lowest BCUT2D eigenvalue weighted by Gasteiger charge is -2.24. The topological polar surface area (TPSA) is 42.4 Å². The van der Waals surface area contributed by atoms with Gasteiger partial charge >= 0.3 is 0 Å². The summed E-state index contributed by atoms with van der Waals surface area (Å²) in [7, 11) is 1.69. The number of carbonyl (C=O) groups excluding carboxylic acids is 1. The van der Waals surface area contributed by atoms with E-state index in [2.05, 4.69) is 4.98 Å². The molecule has 3 atom stereocenters. The monoisotopic (exact) mass is 354 g/mol. The molecule has 1 saturated heterocycles. The van der Waals surface area contributed by atoms with Crippen LogP contribution in [0.4, 0.5) is 4.39 Å². The summed E-state index contributed by atoms with van der Waals surface area (Å²) in [5, 5.41) is 0. The zero-order valence-electron chi connectivity index (χ0n) is 14.9. The number of rotatable bonds is 5. The summed E-state index contributed by atoms with van der Waals surface area (Å²) >= 11 is 0. The lowest BCUT2D eigenvalue weighted by molar-refractivity contribution is -0.134. The highest BCUT2D eigenvalue weighted by Gasteiger charge is 2.47. The van der Waals surface area contributed by atoms with E-state index in [1.165, 1.54) is 12.1 Å². The second-order valence-corrected chi connectivity index (χ2v) is 7.22. The molecule has 1 saturated carbocycles. The van der Waals surface area contributed by atoms with Crippen molar-refractivity contribution in [2.24, 2.45) is 5.92 Å². The molecule has 1 aromatic carbocycles. The third-order valence-electron chi connectivity index (χ3n) is 5.48. The number of benzene rings is 1. The number of hydrogen-bond acceptors (Lipinski definition) is 3. The average molecular weight is 354 g/mol. The molecule has 1 amide bonds. The van der Waals surface area contributed by atoms with Crippen molar-refractivity contribution in [1.29, 1.82) is 0 Å². The van der Waals surface area contributed by atoms with E-state index in [0.29, 0.717) is 6.61 Å². The van der Waals surface area contributed by atoms with Crippen LogP contribution in [0.3, 0.4) is 0 Å². The van der Waals surface area contributed by atoms with Gasteiger partial charge in [0.05, 0.1) is 18.3 Å². The van der Waals surface area contributed by atoms with Gasteiger partial charge in [-0.15, -0.1) is 0 Å². The van der Waals surface area contributed by atoms with E-state index in [0.717, 1.165) is 42.6 Å². The Morgan fingerprint density at radius 2 is 2.08 bits per heavy atom. The van der Waals surface area contributed by atoms with Crippen molar-refractivity contribution in [3.8, 4) is 11.3 Å². The average Bonchev–Trinajstić information content (AvgIpc) is 3.33. The fourth-order valence-electron chi connectivity index (χ4n) is 3.96. The van der Waals surface area contributed by atoms with Gasteiger partial charge < -0.3 is 9.64 Å². The second kappa shape index (κ2) is 7.16. The highest BCUT2D eigenvalue weighted by Crippen LogP contribution is 2.49. The van der Waals surface area contributed by atoms with Crippen molar-refractivity contribution < 1.29 is 13.9 Å². The molecule has 1 aliphatic carbocycles. The largest absolute Gasteiger partial charge is 0.383 e. The molecule has 4 rings (SSSR count). The fraction of sp³-hybridized carbons (Fsp3) is 0.429. The zero-order valence-corrected chi connectivity index (χ0v) is 14.9. The minimum absolute atomic E-state index is 0.0749. The number of amides is 1. The fourth-order valence-corrected chi connectivity index (χ4v) is 3.96. The molecule has 2 fully saturated rings. The third-order valence-corrected chi connectivity index (χ3v) is 5.48. The van der Waals surface area contributed by atoms with Crippen molar-refractivity contribution in [1.82, 2.24) is 9.88 Å².